The van der Waals surface area contributed by atoms with Crippen molar-refractivity contribution in [3.63, 3.8) is 0 Å². The number of benzene rings is 2. The third kappa shape index (κ3) is 4.57. The molecule has 0 saturated heterocycles. The number of carbonyl (C=O) groups is 1. The number of nitrogen functional groups attached to an aromatic ring is 2. The Morgan fingerprint density at radius 2 is 1.92 bits per heavy atom. The normalized spacial score (nSPS) is 11.0. The lowest BCUT2D eigenvalue weighted by Crippen LogP contribution is -2.03. The number of rotatable bonds is 7. The first-order valence-corrected chi connectivity index (χ1v) is 8.01. The molecule has 0 saturated carbocycles. The number of nitrogens with zero attached hydrogens (tertiary/aromatic N) is 1. The molecule has 0 amide bonds. The lowest BCUT2D eigenvalue weighted by atomic mass is 9.92. The molecule has 0 spiro atoms. The van der Waals surface area contributed by atoms with Gasteiger partial charge >= 0.3 is 5.97 Å². The van der Waals surface area contributed by atoms with Gasteiger partial charge in [-0.25, -0.2) is 0 Å². The molecule has 2 aromatic carbocycles. The summed E-state index contributed by atoms with van der Waals surface area (Å²) in [6.07, 6.45) is 3.46. The van der Waals surface area contributed by atoms with E-state index in [1.54, 1.807) is 6.07 Å². The largest absolute Gasteiger partial charge is 0.469 e. The molecule has 26 heavy (non-hydrogen) atoms. The number of ether oxygens (including phenoxy) is 1. The average molecular weight is 350 g/mol. The Kier molecular flexibility index (Phi) is 6.27. The standard InChI is InChI=1S/C20H22N4O2/c1-24-12-16(11-21)13-3-5-19(14(7-13)4-6-20(25)26-2)15-8-17(22)10-18(23)9-15/h3,5,7-12,21H,1,4,6,22-23H2,2H3/b16-12+,21-11?. The van der Waals surface area contributed by atoms with Crippen LogP contribution in [0.15, 0.2) is 47.6 Å². The maximum atomic E-state index is 11.6. The minimum atomic E-state index is -0.288. The van der Waals surface area contributed by atoms with E-state index < -0.39 is 0 Å². The maximum Gasteiger partial charge on any atom is 0.305 e. The van der Waals surface area contributed by atoms with Gasteiger partial charge in [0.25, 0.3) is 0 Å². The van der Waals surface area contributed by atoms with Gasteiger partial charge in [0, 0.05) is 35.8 Å². The van der Waals surface area contributed by atoms with Crippen molar-refractivity contribution in [3.8, 4) is 11.1 Å². The molecule has 0 unspecified atom stereocenters. The van der Waals surface area contributed by atoms with Crippen molar-refractivity contribution < 1.29 is 9.53 Å². The van der Waals surface area contributed by atoms with Gasteiger partial charge in [-0.3, -0.25) is 9.79 Å². The number of nitrogens with one attached hydrogen (secondary N) is 1. The summed E-state index contributed by atoms with van der Waals surface area (Å²) in [5.41, 5.74) is 17.1. The summed E-state index contributed by atoms with van der Waals surface area (Å²) in [6, 6.07) is 11.1. The first-order chi connectivity index (χ1) is 12.5. The van der Waals surface area contributed by atoms with E-state index in [1.807, 2.05) is 30.3 Å². The SMILES string of the molecule is C=N/C=C(\C=N)c1ccc(-c2cc(N)cc(N)c2)c(CCC(=O)OC)c1. The van der Waals surface area contributed by atoms with Gasteiger partial charge in [0.05, 0.1) is 7.11 Å². The number of aliphatic imine (C=N–C) groups is 1. The second-order valence-corrected chi connectivity index (χ2v) is 5.75. The average Bonchev–Trinajstić information content (AvgIpc) is 2.63. The summed E-state index contributed by atoms with van der Waals surface area (Å²) >= 11 is 0. The molecule has 0 heterocycles. The van der Waals surface area contributed by atoms with E-state index in [-0.39, 0.29) is 12.4 Å². The van der Waals surface area contributed by atoms with Gasteiger partial charge in [0.2, 0.25) is 0 Å². The number of hydrogen-bond donors (Lipinski definition) is 3. The fourth-order valence-electron chi connectivity index (χ4n) is 2.73. The molecule has 2 aromatic rings. The molecule has 0 aromatic heterocycles. The number of aryl methyl sites for hydroxylation is 1. The number of esters is 1. The Morgan fingerprint density at radius 3 is 2.50 bits per heavy atom. The maximum absolute atomic E-state index is 11.6. The van der Waals surface area contributed by atoms with Gasteiger partial charge < -0.3 is 21.6 Å². The summed E-state index contributed by atoms with van der Waals surface area (Å²) in [6.45, 7) is 3.43. The Morgan fingerprint density at radius 1 is 1.23 bits per heavy atom. The monoisotopic (exact) mass is 350 g/mol. The molecule has 0 aliphatic carbocycles. The van der Waals surface area contributed by atoms with Crippen molar-refractivity contribution in [2.24, 2.45) is 4.99 Å². The van der Waals surface area contributed by atoms with Gasteiger partial charge in [-0.15, -0.1) is 0 Å². The molecule has 5 N–H and O–H groups in total. The van der Waals surface area contributed by atoms with Crippen molar-refractivity contribution in [3.05, 3.63) is 53.7 Å². The molecule has 0 aliphatic rings. The molecular formula is C20H22N4O2. The molecule has 0 aliphatic heterocycles. The Hall–Kier alpha value is -3.41. The van der Waals surface area contributed by atoms with Crippen LogP contribution in [0, 0.1) is 5.41 Å². The number of anilines is 2. The quantitative estimate of drug-likeness (QED) is 0.403. The highest BCUT2D eigenvalue weighted by Crippen LogP contribution is 2.31. The highest BCUT2D eigenvalue weighted by molar-refractivity contribution is 6.08. The van der Waals surface area contributed by atoms with Gasteiger partial charge in [-0.05, 0) is 53.6 Å². The molecule has 0 radical (unpaired) electrons. The second kappa shape index (κ2) is 8.62. The van der Waals surface area contributed by atoms with Crippen LogP contribution in [0.1, 0.15) is 17.5 Å². The van der Waals surface area contributed by atoms with Crippen LogP contribution < -0.4 is 11.5 Å². The predicted molar refractivity (Wildman–Crippen MR) is 107 cm³/mol. The number of carbonyl (C=O) groups excluding carboxylic acids is 1. The van der Waals surface area contributed by atoms with E-state index in [0.717, 1.165) is 22.3 Å². The fourth-order valence-corrected chi connectivity index (χ4v) is 2.73. The van der Waals surface area contributed by atoms with E-state index in [9.17, 15) is 4.79 Å². The fraction of sp³-hybridized carbons (Fsp3) is 0.150. The molecule has 0 fully saturated rings. The van der Waals surface area contributed by atoms with Crippen LogP contribution >= 0.6 is 0 Å². The van der Waals surface area contributed by atoms with Crippen LogP contribution in [0.3, 0.4) is 0 Å². The van der Waals surface area contributed by atoms with Gasteiger partial charge in [0.1, 0.15) is 0 Å². The summed E-state index contributed by atoms with van der Waals surface area (Å²) in [4.78, 5) is 15.3. The molecule has 6 heteroatoms. The zero-order valence-electron chi connectivity index (χ0n) is 14.7. The number of hydrogen-bond acceptors (Lipinski definition) is 6. The molecular weight excluding hydrogens is 328 g/mol. The van der Waals surface area contributed by atoms with E-state index in [2.05, 4.69) is 11.7 Å². The van der Waals surface area contributed by atoms with Crippen LogP contribution in [0.5, 0.6) is 0 Å². The van der Waals surface area contributed by atoms with Crippen LogP contribution in [0.25, 0.3) is 16.7 Å². The highest BCUT2D eigenvalue weighted by atomic mass is 16.5. The molecule has 0 bridgehead atoms. The minimum Gasteiger partial charge on any atom is -0.469 e. The van der Waals surface area contributed by atoms with Crippen LogP contribution in [0.2, 0.25) is 0 Å². The van der Waals surface area contributed by atoms with E-state index >= 15 is 0 Å². The molecule has 2 rings (SSSR count). The molecule has 134 valence electrons. The lowest BCUT2D eigenvalue weighted by molar-refractivity contribution is -0.140. The van der Waals surface area contributed by atoms with Gasteiger partial charge in [0.15, 0.2) is 0 Å². The Bertz CT molecular complexity index is 852. The van der Waals surface area contributed by atoms with Crippen molar-refractivity contribution in [2.75, 3.05) is 18.6 Å². The van der Waals surface area contributed by atoms with Gasteiger partial charge in [-0.2, -0.15) is 0 Å². The predicted octanol–water partition coefficient (Wildman–Crippen LogP) is 3.31. The first kappa shape index (κ1) is 18.9. The van der Waals surface area contributed by atoms with Gasteiger partial charge in [-0.1, -0.05) is 18.2 Å². The van der Waals surface area contributed by atoms with E-state index in [1.165, 1.54) is 19.5 Å². The third-order valence-corrected chi connectivity index (χ3v) is 3.94. The highest BCUT2D eigenvalue weighted by Gasteiger charge is 2.11. The summed E-state index contributed by atoms with van der Waals surface area (Å²) in [5, 5.41) is 7.56. The number of allylic oxidation sites excluding steroid dienone is 1. The van der Waals surface area contributed by atoms with Crippen molar-refractivity contribution in [2.45, 2.75) is 12.8 Å². The Balaban J connectivity index is 2.55. The minimum absolute atomic E-state index is 0.244. The van der Waals surface area contributed by atoms with Crippen molar-refractivity contribution >= 4 is 35.8 Å². The summed E-state index contributed by atoms with van der Waals surface area (Å²) in [5.74, 6) is -0.288. The van der Waals surface area contributed by atoms with E-state index in [4.69, 9.17) is 21.6 Å². The third-order valence-electron chi connectivity index (χ3n) is 3.94. The van der Waals surface area contributed by atoms with E-state index in [0.29, 0.717) is 23.4 Å². The van der Waals surface area contributed by atoms with Crippen molar-refractivity contribution in [1.29, 1.82) is 5.41 Å². The smallest absolute Gasteiger partial charge is 0.305 e. The molecule has 6 nitrogen and oxygen atoms in total. The summed E-state index contributed by atoms with van der Waals surface area (Å²) < 4.78 is 4.74. The van der Waals surface area contributed by atoms with Crippen LogP contribution in [-0.4, -0.2) is 26.0 Å². The molecule has 0 atom stereocenters. The van der Waals surface area contributed by atoms with Crippen LogP contribution in [0.4, 0.5) is 11.4 Å². The summed E-state index contributed by atoms with van der Waals surface area (Å²) in [7, 11) is 1.36. The zero-order chi connectivity index (χ0) is 19.1. The zero-order valence-corrected chi connectivity index (χ0v) is 14.7. The second-order valence-electron chi connectivity index (χ2n) is 5.75. The lowest BCUT2D eigenvalue weighted by Gasteiger charge is -2.13. The topological polar surface area (TPSA) is 115 Å². The van der Waals surface area contributed by atoms with Crippen molar-refractivity contribution in [1.82, 2.24) is 0 Å². The Labute approximate surface area is 152 Å². The number of nitrogens with two attached hydrogens (primary N) is 2. The first-order valence-electron chi connectivity index (χ1n) is 8.01. The van der Waals surface area contributed by atoms with Crippen LogP contribution in [-0.2, 0) is 16.0 Å². The number of methoxy groups -OCH3 is 1.